The summed E-state index contributed by atoms with van der Waals surface area (Å²) in [6, 6.07) is 20.5. The Kier molecular flexibility index (Phi) is 7.03. The van der Waals surface area contributed by atoms with Crippen molar-refractivity contribution in [2.45, 2.75) is 51.0 Å². The summed E-state index contributed by atoms with van der Waals surface area (Å²) in [5.74, 6) is -1.31. The number of carboxylic acid groups (broad SMARTS) is 1. The van der Waals surface area contributed by atoms with E-state index in [1.807, 2.05) is 42.5 Å². The molecule has 0 amide bonds. The number of carboxylic acids is 1. The van der Waals surface area contributed by atoms with Crippen molar-refractivity contribution in [3.8, 4) is 22.9 Å². The molecule has 3 atom stereocenters. The van der Waals surface area contributed by atoms with Gasteiger partial charge in [0.25, 0.3) is 0 Å². The SMILES string of the molecule is Cc1nc(N2CCC(C#N)(c3ccccc3)CC2)nc(C)c1-c1ccc(F)c(COc2ccc3c(c2)C[C@H]2[C@H](C(=O)O)[C@@H]32)c1F. The number of aliphatic carboxylic acids is 1. The number of aryl methyl sites for hydroxylation is 2. The van der Waals surface area contributed by atoms with Crippen molar-refractivity contribution in [2.24, 2.45) is 11.8 Å². The van der Waals surface area contributed by atoms with E-state index in [2.05, 4.69) is 11.0 Å². The van der Waals surface area contributed by atoms with Crippen LogP contribution in [-0.4, -0.2) is 34.1 Å². The molecule has 1 saturated carbocycles. The minimum atomic E-state index is -0.760. The smallest absolute Gasteiger partial charge is 0.307 e. The Balaban J connectivity index is 1.08. The van der Waals surface area contributed by atoms with Crippen molar-refractivity contribution < 1.29 is 23.4 Å². The highest BCUT2D eigenvalue weighted by atomic mass is 19.1. The number of ether oxygens (including phenoxy) is 1. The first-order valence-corrected chi connectivity index (χ1v) is 15.2. The number of carbonyl (C=O) groups is 1. The van der Waals surface area contributed by atoms with Gasteiger partial charge >= 0.3 is 5.97 Å². The normalized spacial score (nSPS) is 21.0. The lowest BCUT2D eigenvalue weighted by molar-refractivity contribution is -0.139. The third-order valence-corrected chi connectivity index (χ3v) is 9.92. The van der Waals surface area contributed by atoms with E-state index in [1.165, 1.54) is 12.1 Å². The van der Waals surface area contributed by atoms with Crippen LogP contribution in [0.1, 0.15) is 52.4 Å². The van der Waals surface area contributed by atoms with E-state index in [4.69, 9.17) is 14.7 Å². The molecule has 228 valence electrons. The van der Waals surface area contributed by atoms with Gasteiger partial charge in [0.05, 0.1) is 34.4 Å². The highest BCUT2D eigenvalue weighted by Gasteiger charge is 2.59. The molecular weight excluding hydrogens is 574 g/mol. The zero-order valence-corrected chi connectivity index (χ0v) is 25.1. The van der Waals surface area contributed by atoms with Crippen LogP contribution in [0, 0.1) is 48.6 Å². The fourth-order valence-corrected chi connectivity index (χ4v) is 7.44. The van der Waals surface area contributed by atoms with Crippen LogP contribution >= 0.6 is 0 Å². The van der Waals surface area contributed by atoms with Gasteiger partial charge in [0, 0.05) is 30.1 Å². The molecule has 9 heteroatoms. The van der Waals surface area contributed by atoms with Gasteiger partial charge in [0.1, 0.15) is 24.0 Å². The summed E-state index contributed by atoms with van der Waals surface area (Å²) in [6.07, 6.45) is 1.95. The van der Waals surface area contributed by atoms with Crippen LogP contribution in [0.25, 0.3) is 11.1 Å². The lowest BCUT2D eigenvalue weighted by Crippen LogP contribution is -2.42. The number of halogens is 2. The average molecular weight is 607 g/mol. The molecular formula is C36H32F2N4O3. The largest absolute Gasteiger partial charge is 0.489 e. The van der Waals surface area contributed by atoms with E-state index < -0.39 is 23.0 Å². The van der Waals surface area contributed by atoms with E-state index in [-0.39, 0.29) is 35.5 Å². The third-order valence-electron chi connectivity index (χ3n) is 9.92. The van der Waals surface area contributed by atoms with Gasteiger partial charge in [-0.1, -0.05) is 36.4 Å². The zero-order chi connectivity index (χ0) is 31.5. The molecule has 0 radical (unpaired) electrons. The fraction of sp³-hybridized carbons (Fsp3) is 0.333. The van der Waals surface area contributed by atoms with Gasteiger partial charge in [0.15, 0.2) is 0 Å². The van der Waals surface area contributed by atoms with Gasteiger partial charge in [-0.25, -0.2) is 18.7 Å². The molecule has 0 unspecified atom stereocenters. The van der Waals surface area contributed by atoms with Crippen LogP contribution in [-0.2, 0) is 23.2 Å². The molecule has 0 bridgehead atoms. The predicted octanol–water partition coefficient (Wildman–Crippen LogP) is 6.65. The number of anilines is 1. The maximum absolute atomic E-state index is 15.9. The van der Waals surface area contributed by atoms with Crippen LogP contribution in [0.4, 0.5) is 14.7 Å². The minimum Gasteiger partial charge on any atom is -0.489 e. The Bertz CT molecular complexity index is 1840. The molecule has 1 aliphatic heterocycles. The Labute approximate surface area is 260 Å². The summed E-state index contributed by atoms with van der Waals surface area (Å²) in [5, 5.41) is 19.4. The molecule has 45 heavy (non-hydrogen) atoms. The van der Waals surface area contributed by atoms with E-state index >= 15 is 4.39 Å². The molecule has 1 saturated heterocycles. The van der Waals surface area contributed by atoms with Crippen molar-refractivity contribution in [3.63, 3.8) is 0 Å². The lowest BCUT2D eigenvalue weighted by Gasteiger charge is -2.37. The summed E-state index contributed by atoms with van der Waals surface area (Å²) in [5.41, 5.74) is 4.20. The standard InChI is InChI=1S/C36H32F2N4O3/c1-20-30(21(2)41-35(40-20)42-14-12-36(19-39,13-15-42)23-6-4-3-5-7-23)26-10-11-29(37)28(33(26)38)18-45-24-8-9-25-22(16-24)17-27-31(25)32(27)34(43)44/h3-11,16,27,31-32H,12-15,17-18H2,1-2H3,(H,43,44)/t27-,31+,32+/m1/s1. The van der Waals surface area contributed by atoms with Gasteiger partial charge in [-0.2, -0.15) is 5.26 Å². The number of aromatic nitrogens is 2. The van der Waals surface area contributed by atoms with Gasteiger partial charge in [0.2, 0.25) is 5.95 Å². The molecule has 2 heterocycles. The number of piperidine rings is 1. The molecule has 7 nitrogen and oxygen atoms in total. The van der Waals surface area contributed by atoms with Crippen molar-refractivity contribution in [3.05, 3.63) is 106 Å². The van der Waals surface area contributed by atoms with Crippen molar-refractivity contribution >= 4 is 11.9 Å². The molecule has 0 spiro atoms. The summed E-state index contributed by atoms with van der Waals surface area (Å²) in [7, 11) is 0. The number of hydrogen-bond acceptors (Lipinski definition) is 6. The van der Waals surface area contributed by atoms with E-state index in [0.717, 1.165) is 16.7 Å². The van der Waals surface area contributed by atoms with Crippen molar-refractivity contribution in [1.82, 2.24) is 9.97 Å². The van der Waals surface area contributed by atoms with Gasteiger partial charge in [-0.3, -0.25) is 4.79 Å². The van der Waals surface area contributed by atoms with Crippen LogP contribution in [0.5, 0.6) is 5.75 Å². The van der Waals surface area contributed by atoms with Gasteiger partial charge in [-0.15, -0.1) is 0 Å². The molecule has 3 aromatic carbocycles. The second-order valence-corrected chi connectivity index (χ2v) is 12.4. The fourth-order valence-electron chi connectivity index (χ4n) is 7.44. The Morgan fingerprint density at radius 1 is 1.07 bits per heavy atom. The summed E-state index contributed by atoms with van der Waals surface area (Å²) in [4.78, 5) is 22.9. The number of fused-ring (bicyclic) bond motifs is 3. The first-order valence-electron chi connectivity index (χ1n) is 15.2. The zero-order valence-electron chi connectivity index (χ0n) is 25.1. The number of hydrogen-bond donors (Lipinski definition) is 1. The van der Waals surface area contributed by atoms with Crippen LogP contribution in [0.2, 0.25) is 0 Å². The van der Waals surface area contributed by atoms with Crippen LogP contribution in [0.3, 0.4) is 0 Å². The predicted molar refractivity (Wildman–Crippen MR) is 164 cm³/mol. The number of rotatable bonds is 7. The highest BCUT2D eigenvalue weighted by Crippen LogP contribution is 2.61. The Hall–Kier alpha value is -4.84. The molecule has 3 aliphatic rings. The van der Waals surface area contributed by atoms with E-state index in [1.54, 1.807) is 19.9 Å². The Morgan fingerprint density at radius 2 is 1.78 bits per heavy atom. The minimum absolute atomic E-state index is 0.0495. The molecule has 2 aliphatic carbocycles. The van der Waals surface area contributed by atoms with Gasteiger partial charge < -0.3 is 14.7 Å². The van der Waals surface area contributed by atoms with E-state index in [0.29, 0.717) is 61.0 Å². The van der Waals surface area contributed by atoms with Crippen molar-refractivity contribution in [2.75, 3.05) is 18.0 Å². The summed E-state index contributed by atoms with van der Waals surface area (Å²) >= 11 is 0. The second-order valence-electron chi connectivity index (χ2n) is 12.4. The lowest BCUT2D eigenvalue weighted by atomic mass is 9.74. The average Bonchev–Trinajstić information content (AvgIpc) is 3.64. The monoisotopic (exact) mass is 606 g/mol. The number of nitrogens with zero attached hydrogens (tertiary/aromatic N) is 4. The molecule has 2 fully saturated rings. The first-order chi connectivity index (χ1) is 21.7. The maximum atomic E-state index is 15.9. The first kappa shape index (κ1) is 28.9. The van der Waals surface area contributed by atoms with Gasteiger partial charge in [-0.05, 0) is 80.0 Å². The number of benzene rings is 3. The van der Waals surface area contributed by atoms with E-state index in [9.17, 15) is 19.6 Å². The maximum Gasteiger partial charge on any atom is 0.307 e. The second kappa shape index (κ2) is 11.0. The van der Waals surface area contributed by atoms with Crippen molar-refractivity contribution in [1.29, 1.82) is 5.26 Å². The number of nitriles is 1. The molecule has 7 rings (SSSR count). The molecule has 1 N–H and O–H groups in total. The molecule has 4 aromatic rings. The Morgan fingerprint density at radius 3 is 2.44 bits per heavy atom. The highest BCUT2D eigenvalue weighted by molar-refractivity contribution is 5.78. The van der Waals surface area contributed by atoms with Crippen LogP contribution in [0.15, 0.2) is 60.7 Å². The van der Waals surface area contributed by atoms with Crippen LogP contribution < -0.4 is 9.64 Å². The third kappa shape index (κ3) is 4.89. The molecule has 1 aromatic heterocycles. The quantitative estimate of drug-likeness (QED) is 0.252. The summed E-state index contributed by atoms with van der Waals surface area (Å²) in [6.45, 7) is 4.50. The topological polar surface area (TPSA) is 99.3 Å². The summed E-state index contributed by atoms with van der Waals surface area (Å²) < 4.78 is 36.7.